The molecule has 2 fully saturated rings. The smallest absolute Gasteiger partial charge is 0.202 e. The first kappa shape index (κ1) is 9.45. The summed E-state index contributed by atoms with van der Waals surface area (Å²) in [5.41, 5.74) is 8.40. The Kier molecular flexibility index (Phi) is 1.67. The van der Waals surface area contributed by atoms with E-state index in [9.17, 15) is 0 Å². The maximum Gasteiger partial charge on any atom is 0.202 e. The van der Waals surface area contributed by atoms with Gasteiger partial charge in [-0.3, -0.25) is 4.57 Å². The molecule has 4 nitrogen and oxygen atoms in total. The van der Waals surface area contributed by atoms with Crippen molar-refractivity contribution < 1.29 is 0 Å². The summed E-state index contributed by atoms with van der Waals surface area (Å²) >= 11 is 0. The monoisotopic (exact) mass is 228 g/mol. The first-order chi connectivity index (χ1) is 8.28. The molecule has 0 unspecified atom stereocenters. The number of nitrogen functional groups attached to an aromatic ring is 1. The van der Waals surface area contributed by atoms with E-state index in [4.69, 9.17) is 5.73 Å². The largest absolute Gasteiger partial charge is 0.369 e. The van der Waals surface area contributed by atoms with Gasteiger partial charge in [-0.05, 0) is 49.1 Å². The highest BCUT2D eigenvalue weighted by atomic mass is 15.2. The molecule has 17 heavy (non-hydrogen) atoms. The van der Waals surface area contributed by atoms with Crippen LogP contribution in [-0.2, 0) is 6.54 Å². The number of anilines is 1. The van der Waals surface area contributed by atoms with Crippen LogP contribution in [0.3, 0.4) is 0 Å². The van der Waals surface area contributed by atoms with Crippen LogP contribution in [0.5, 0.6) is 0 Å². The highest BCUT2D eigenvalue weighted by molar-refractivity contribution is 5.73. The molecule has 0 amide bonds. The van der Waals surface area contributed by atoms with Crippen LogP contribution >= 0.6 is 0 Å². The number of imidazole rings is 1. The highest BCUT2D eigenvalue weighted by Crippen LogP contribution is 2.62. The fraction of sp³-hybridized carbons (Fsp3) is 0.538. The summed E-state index contributed by atoms with van der Waals surface area (Å²) in [5, 5.41) is 0. The average molecular weight is 228 g/mol. The van der Waals surface area contributed by atoms with Gasteiger partial charge >= 0.3 is 0 Å². The number of nitrogens with zero attached hydrogens (tertiary/aromatic N) is 3. The number of pyridine rings is 1. The Bertz CT molecular complexity index is 578. The molecule has 4 heteroatoms. The van der Waals surface area contributed by atoms with E-state index < -0.39 is 0 Å². The van der Waals surface area contributed by atoms with E-state index in [1.807, 2.05) is 18.3 Å². The number of aromatic nitrogens is 3. The molecule has 2 heterocycles. The van der Waals surface area contributed by atoms with E-state index in [1.54, 1.807) is 0 Å². The minimum atomic E-state index is 0.527. The van der Waals surface area contributed by atoms with Crippen molar-refractivity contribution in [2.24, 2.45) is 11.3 Å². The Morgan fingerprint density at radius 1 is 1.41 bits per heavy atom. The summed E-state index contributed by atoms with van der Waals surface area (Å²) in [7, 11) is 0. The Morgan fingerprint density at radius 3 is 2.94 bits per heavy atom. The zero-order chi connectivity index (χ0) is 11.5. The number of nitrogens with two attached hydrogens (primary N) is 1. The topological polar surface area (TPSA) is 56.7 Å². The molecule has 2 saturated carbocycles. The first-order valence-electron chi connectivity index (χ1n) is 6.35. The van der Waals surface area contributed by atoms with Gasteiger partial charge in [-0.1, -0.05) is 0 Å². The third-order valence-electron chi connectivity index (χ3n) is 4.34. The first-order valence-corrected chi connectivity index (χ1v) is 6.35. The van der Waals surface area contributed by atoms with Crippen LogP contribution in [0.1, 0.15) is 25.7 Å². The van der Waals surface area contributed by atoms with Crippen LogP contribution < -0.4 is 5.73 Å². The molecule has 2 aliphatic rings. The Morgan fingerprint density at radius 2 is 2.24 bits per heavy atom. The predicted octanol–water partition coefficient (Wildman–Crippen LogP) is 2.20. The molecule has 0 spiro atoms. The molecule has 0 bridgehead atoms. The molecule has 2 aromatic rings. The normalized spacial score (nSPS) is 21.9. The van der Waals surface area contributed by atoms with Gasteiger partial charge in [0.25, 0.3) is 0 Å². The van der Waals surface area contributed by atoms with E-state index in [0.717, 1.165) is 23.6 Å². The molecular formula is C13H16N4. The van der Waals surface area contributed by atoms with Crippen LogP contribution in [0, 0.1) is 11.3 Å². The van der Waals surface area contributed by atoms with Gasteiger partial charge in [0.2, 0.25) is 5.95 Å². The van der Waals surface area contributed by atoms with Crippen molar-refractivity contribution >= 4 is 17.1 Å². The van der Waals surface area contributed by atoms with Crippen molar-refractivity contribution in [3.63, 3.8) is 0 Å². The SMILES string of the molecule is Nc1nc2cccnc2n1CC1(C2CC2)CC1. The van der Waals surface area contributed by atoms with E-state index in [0.29, 0.717) is 11.4 Å². The van der Waals surface area contributed by atoms with Crippen LogP contribution in [0.2, 0.25) is 0 Å². The number of hydrogen-bond donors (Lipinski definition) is 1. The summed E-state index contributed by atoms with van der Waals surface area (Å²) in [4.78, 5) is 8.80. The summed E-state index contributed by atoms with van der Waals surface area (Å²) in [6.45, 7) is 1.01. The third kappa shape index (κ3) is 1.36. The minimum Gasteiger partial charge on any atom is -0.369 e. The van der Waals surface area contributed by atoms with Crippen LogP contribution in [0.25, 0.3) is 11.2 Å². The van der Waals surface area contributed by atoms with E-state index in [1.165, 1.54) is 25.7 Å². The van der Waals surface area contributed by atoms with E-state index in [-0.39, 0.29) is 0 Å². The van der Waals surface area contributed by atoms with Gasteiger partial charge in [0.15, 0.2) is 5.65 Å². The Balaban J connectivity index is 1.77. The van der Waals surface area contributed by atoms with Crippen LogP contribution in [0.15, 0.2) is 18.3 Å². The molecule has 2 N–H and O–H groups in total. The van der Waals surface area contributed by atoms with E-state index >= 15 is 0 Å². The quantitative estimate of drug-likeness (QED) is 0.876. The summed E-state index contributed by atoms with van der Waals surface area (Å²) in [6, 6.07) is 3.89. The van der Waals surface area contributed by atoms with Crippen LogP contribution in [-0.4, -0.2) is 14.5 Å². The number of rotatable bonds is 3. The lowest BCUT2D eigenvalue weighted by Crippen LogP contribution is -2.15. The Hall–Kier alpha value is -1.58. The molecule has 2 aromatic heterocycles. The van der Waals surface area contributed by atoms with Crippen molar-refractivity contribution in [1.29, 1.82) is 0 Å². The van der Waals surface area contributed by atoms with Gasteiger partial charge in [0.05, 0.1) is 0 Å². The molecule has 0 aromatic carbocycles. The zero-order valence-corrected chi connectivity index (χ0v) is 9.76. The lowest BCUT2D eigenvalue weighted by atomic mass is 10.0. The van der Waals surface area contributed by atoms with Gasteiger partial charge in [-0.2, -0.15) is 0 Å². The lowest BCUT2D eigenvalue weighted by molar-refractivity contribution is 0.376. The van der Waals surface area contributed by atoms with Gasteiger partial charge in [0, 0.05) is 12.7 Å². The van der Waals surface area contributed by atoms with Crippen LogP contribution in [0.4, 0.5) is 5.95 Å². The number of hydrogen-bond acceptors (Lipinski definition) is 3. The molecular weight excluding hydrogens is 212 g/mol. The summed E-state index contributed by atoms with van der Waals surface area (Å²) in [5.74, 6) is 1.55. The maximum absolute atomic E-state index is 6.02. The van der Waals surface area contributed by atoms with E-state index in [2.05, 4.69) is 14.5 Å². The molecule has 88 valence electrons. The fourth-order valence-electron chi connectivity index (χ4n) is 3.00. The standard InChI is InChI=1S/C13H16N4/c14-12-16-10-2-1-7-15-11(10)17(12)8-13(5-6-13)9-3-4-9/h1-2,7,9H,3-6,8H2,(H2,14,16). The molecule has 0 radical (unpaired) electrons. The fourth-order valence-corrected chi connectivity index (χ4v) is 3.00. The zero-order valence-electron chi connectivity index (χ0n) is 9.76. The van der Waals surface area contributed by atoms with Gasteiger partial charge in [-0.25, -0.2) is 9.97 Å². The van der Waals surface area contributed by atoms with Crippen molar-refractivity contribution in [1.82, 2.24) is 14.5 Å². The van der Waals surface area contributed by atoms with Crippen molar-refractivity contribution in [3.05, 3.63) is 18.3 Å². The number of fused-ring (bicyclic) bond motifs is 1. The Labute approximate surface area is 99.9 Å². The molecule has 0 aliphatic heterocycles. The second-order valence-corrected chi connectivity index (χ2v) is 5.54. The predicted molar refractivity (Wildman–Crippen MR) is 66.3 cm³/mol. The minimum absolute atomic E-state index is 0.527. The molecule has 0 saturated heterocycles. The summed E-state index contributed by atoms with van der Waals surface area (Å²) < 4.78 is 2.11. The van der Waals surface area contributed by atoms with Crippen molar-refractivity contribution in [2.45, 2.75) is 32.2 Å². The highest BCUT2D eigenvalue weighted by Gasteiger charge is 2.54. The molecule has 4 rings (SSSR count). The van der Waals surface area contributed by atoms with Crippen molar-refractivity contribution in [2.75, 3.05) is 5.73 Å². The van der Waals surface area contributed by atoms with Gasteiger partial charge < -0.3 is 5.73 Å². The average Bonchev–Trinajstić information content (AvgIpc) is 3.20. The van der Waals surface area contributed by atoms with Crippen molar-refractivity contribution in [3.8, 4) is 0 Å². The van der Waals surface area contributed by atoms with Gasteiger partial charge in [0.1, 0.15) is 5.52 Å². The second-order valence-electron chi connectivity index (χ2n) is 5.54. The second kappa shape index (κ2) is 3.00. The molecule has 2 aliphatic carbocycles. The summed E-state index contributed by atoms with van der Waals surface area (Å²) in [6.07, 6.45) is 7.32. The lowest BCUT2D eigenvalue weighted by Gasteiger charge is -2.15. The third-order valence-corrected chi connectivity index (χ3v) is 4.34. The maximum atomic E-state index is 6.02. The van der Waals surface area contributed by atoms with Gasteiger partial charge in [-0.15, -0.1) is 0 Å². The molecule has 0 atom stereocenters.